The molecule has 0 bridgehead atoms. The molecule has 0 aliphatic carbocycles. The molecule has 0 unspecified atom stereocenters. The monoisotopic (exact) mass is 304 g/mol. The number of nitrogens with one attached hydrogen (secondary N) is 2. The number of carbonyl (C=O) groups is 1. The van der Waals surface area contributed by atoms with Gasteiger partial charge in [-0.2, -0.15) is 0 Å². The number of benzene rings is 1. The van der Waals surface area contributed by atoms with Crippen molar-refractivity contribution in [2.75, 3.05) is 20.2 Å². The molecule has 19 heavy (non-hydrogen) atoms. The number of hydrogen-bond donors (Lipinski definition) is 2. The lowest BCUT2D eigenvalue weighted by atomic mass is 10.2. The number of halogens is 1. The molecule has 0 amide bonds. The number of rotatable bonds is 4. The van der Waals surface area contributed by atoms with Crippen LogP contribution in [0.25, 0.3) is 0 Å². The van der Waals surface area contributed by atoms with Crippen LogP contribution in [0, 0.1) is 0 Å². The smallest absolute Gasteiger partial charge is 0.337 e. The van der Waals surface area contributed by atoms with Crippen LogP contribution in [0.5, 0.6) is 0 Å². The average Bonchev–Trinajstić information content (AvgIpc) is 2.33. The molecule has 1 saturated heterocycles. The number of sulfonamides is 1. The van der Waals surface area contributed by atoms with Gasteiger partial charge in [0.2, 0.25) is 10.0 Å². The van der Waals surface area contributed by atoms with Gasteiger partial charge in [0.1, 0.15) is 4.90 Å². The number of esters is 1. The van der Waals surface area contributed by atoms with E-state index >= 15 is 0 Å². The Balaban J connectivity index is 2.34. The lowest BCUT2D eigenvalue weighted by molar-refractivity contribution is 0.0600. The summed E-state index contributed by atoms with van der Waals surface area (Å²) in [5, 5.41) is 3.02. The molecule has 0 aromatic heterocycles. The minimum atomic E-state index is -3.75. The predicted octanol–water partition coefficient (Wildman–Crippen LogP) is 0.377. The second-order valence-electron chi connectivity index (χ2n) is 4.11. The predicted molar refractivity (Wildman–Crippen MR) is 69.8 cm³/mol. The van der Waals surface area contributed by atoms with Gasteiger partial charge < -0.3 is 10.1 Å². The maximum atomic E-state index is 12.1. The van der Waals surface area contributed by atoms with E-state index in [1.807, 2.05) is 0 Å². The molecular weight excluding hydrogens is 292 g/mol. The van der Waals surface area contributed by atoms with Crippen molar-refractivity contribution in [3.63, 3.8) is 0 Å². The molecule has 1 aromatic carbocycles. The molecule has 0 radical (unpaired) electrons. The van der Waals surface area contributed by atoms with Crippen LogP contribution in [-0.2, 0) is 14.8 Å². The summed E-state index contributed by atoms with van der Waals surface area (Å²) in [6, 6.07) is 3.84. The van der Waals surface area contributed by atoms with Crippen LogP contribution in [0.1, 0.15) is 10.4 Å². The molecule has 0 atom stereocenters. The molecule has 8 heteroatoms. The van der Waals surface area contributed by atoms with Crippen molar-refractivity contribution >= 4 is 27.6 Å². The first kappa shape index (κ1) is 14.3. The molecule has 104 valence electrons. The zero-order valence-corrected chi connectivity index (χ0v) is 11.7. The van der Waals surface area contributed by atoms with E-state index in [9.17, 15) is 13.2 Å². The van der Waals surface area contributed by atoms with E-state index in [0.29, 0.717) is 13.1 Å². The summed E-state index contributed by atoms with van der Waals surface area (Å²) in [4.78, 5) is 11.3. The Morgan fingerprint density at radius 2 is 2.16 bits per heavy atom. The quantitative estimate of drug-likeness (QED) is 0.786. The van der Waals surface area contributed by atoms with Crippen molar-refractivity contribution in [1.82, 2.24) is 10.0 Å². The largest absolute Gasteiger partial charge is 0.465 e. The first-order chi connectivity index (χ1) is 8.94. The molecule has 1 aliphatic rings. The third-order valence-electron chi connectivity index (χ3n) is 2.75. The van der Waals surface area contributed by atoms with Crippen LogP contribution >= 0.6 is 11.6 Å². The Labute approximate surface area is 116 Å². The summed E-state index contributed by atoms with van der Waals surface area (Å²) < 4.78 is 31.3. The Morgan fingerprint density at radius 3 is 2.68 bits per heavy atom. The van der Waals surface area contributed by atoms with E-state index in [0.717, 1.165) is 0 Å². The molecule has 1 aliphatic heterocycles. The van der Waals surface area contributed by atoms with Gasteiger partial charge in [0, 0.05) is 19.1 Å². The van der Waals surface area contributed by atoms with Crippen molar-refractivity contribution in [1.29, 1.82) is 0 Å². The van der Waals surface area contributed by atoms with Crippen LogP contribution in [0.2, 0.25) is 5.02 Å². The van der Waals surface area contributed by atoms with E-state index < -0.39 is 16.0 Å². The molecule has 0 saturated carbocycles. The Hall–Kier alpha value is -1.15. The topological polar surface area (TPSA) is 84.5 Å². The molecule has 1 aromatic rings. The van der Waals surface area contributed by atoms with Gasteiger partial charge in [0.25, 0.3) is 0 Å². The van der Waals surface area contributed by atoms with Crippen molar-refractivity contribution in [2.45, 2.75) is 10.9 Å². The minimum absolute atomic E-state index is 0.0624. The molecule has 1 heterocycles. The van der Waals surface area contributed by atoms with Crippen LogP contribution in [-0.4, -0.2) is 40.6 Å². The maximum absolute atomic E-state index is 12.1. The van der Waals surface area contributed by atoms with E-state index in [-0.39, 0.29) is 21.5 Å². The summed E-state index contributed by atoms with van der Waals surface area (Å²) in [5.74, 6) is -0.613. The summed E-state index contributed by atoms with van der Waals surface area (Å²) >= 11 is 5.89. The molecule has 2 N–H and O–H groups in total. The number of hydrogen-bond acceptors (Lipinski definition) is 5. The Bertz CT molecular complexity index is 599. The molecule has 6 nitrogen and oxygen atoms in total. The standard InChI is InChI=1S/C11H13ClN2O4S/c1-18-11(15)7-2-3-9(12)10(4-7)19(16,17)14-8-5-13-6-8/h2-4,8,13-14H,5-6H2,1H3. The fraction of sp³-hybridized carbons (Fsp3) is 0.364. The second kappa shape index (κ2) is 5.46. The maximum Gasteiger partial charge on any atom is 0.337 e. The Morgan fingerprint density at radius 1 is 1.47 bits per heavy atom. The fourth-order valence-corrected chi connectivity index (χ4v) is 3.37. The summed E-state index contributed by atoms with van der Waals surface area (Å²) in [5.41, 5.74) is 0.138. The zero-order chi connectivity index (χ0) is 14.0. The summed E-state index contributed by atoms with van der Waals surface area (Å²) in [6.07, 6.45) is 0. The summed E-state index contributed by atoms with van der Waals surface area (Å²) in [7, 11) is -2.52. The van der Waals surface area contributed by atoms with Gasteiger partial charge in [-0.25, -0.2) is 17.9 Å². The highest BCUT2D eigenvalue weighted by molar-refractivity contribution is 7.89. The average molecular weight is 305 g/mol. The molecular formula is C11H13ClN2O4S. The highest BCUT2D eigenvalue weighted by Gasteiger charge is 2.26. The lowest BCUT2D eigenvalue weighted by Gasteiger charge is -2.27. The summed E-state index contributed by atoms with van der Waals surface area (Å²) in [6.45, 7) is 1.15. The third-order valence-corrected chi connectivity index (χ3v) is 4.75. The fourth-order valence-electron chi connectivity index (χ4n) is 1.61. The van der Waals surface area contributed by atoms with Crippen LogP contribution in [0.15, 0.2) is 23.1 Å². The number of methoxy groups -OCH3 is 1. The zero-order valence-electron chi connectivity index (χ0n) is 10.1. The molecule has 1 fully saturated rings. The van der Waals surface area contributed by atoms with E-state index in [4.69, 9.17) is 11.6 Å². The highest BCUT2D eigenvalue weighted by atomic mass is 35.5. The SMILES string of the molecule is COC(=O)c1ccc(Cl)c(S(=O)(=O)NC2CNC2)c1. The van der Waals surface area contributed by atoms with Gasteiger partial charge in [0.15, 0.2) is 0 Å². The van der Waals surface area contributed by atoms with Crippen molar-refractivity contribution < 1.29 is 17.9 Å². The van der Waals surface area contributed by atoms with Gasteiger partial charge in [-0.15, -0.1) is 0 Å². The number of carbonyl (C=O) groups excluding carboxylic acids is 1. The highest BCUT2D eigenvalue weighted by Crippen LogP contribution is 2.23. The van der Waals surface area contributed by atoms with E-state index in [1.54, 1.807) is 0 Å². The van der Waals surface area contributed by atoms with Crippen LogP contribution in [0.4, 0.5) is 0 Å². The minimum Gasteiger partial charge on any atom is -0.465 e. The first-order valence-corrected chi connectivity index (χ1v) is 7.41. The third kappa shape index (κ3) is 3.06. The van der Waals surface area contributed by atoms with Crippen LogP contribution in [0.3, 0.4) is 0 Å². The molecule has 0 spiro atoms. The number of ether oxygens (including phenoxy) is 1. The van der Waals surface area contributed by atoms with Gasteiger partial charge in [-0.3, -0.25) is 0 Å². The van der Waals surface area contributed by atoms with Gasteiger partial charge >= 0.3 is 5.97 Å². The van der Waals surface area contributed by atoms with Crippen molar-refractivity contribution in [3.8, 4) is 0 Å². The second-order valence-corrected chi connectivity index (χ2v) is 6.20. The first-order valence-electron chi connectivity index (χ1n) is 5.55. The van der Waals surface area contributed by atoms with E-state index in [1.165, 1.54) is 25.3 Å². The normalized spacial score (nSPS) is 15.9. The Kier molecular flexibility index (Phi) is 4.10. The van der Waals surface area contributed by atoms with E-state index in [2.05, 4.69) is 14.8 Å². The van der Waals surface area contributed by atoms with Gasteiger partial charge in [-0.05, 0) is 18.2 Å². The van der Waals surface area contributed by atoms with Crippen molar-refractivity contribution in [2.24, 2.45) is 0 Å². The van der Waals surface area contributed by atoms with Gasteiger partial charge in [-0.1, -0.05) is 11.6 Å². The lowest BCUT2D eigenvalue weighted by Crippen LogP contribution is -2.56. The van der Waals surface area contributed by atoms with Crippen LogP contribution < -0.4 is 10.0 Å². The molecule has 2 rings (SSSR count). The van der Waals surface area contributed by atoms with Crippen molar-refractivity contribution in [3.05, 3.63) is 28.8 Å². The van der Waals surface area contributed by atoms with Gasteiger partial charge in [0.05, 0.1) is 17.7 Å².